The topological polar surface area (TPSA) is 39.4 Å². The summed E-state index contributed by atoms with van der Waals surface area (Å²) in [5, 5.41) is 0.509. The van der Waals surface area contributed by atoms with Crippen molar-refractivity contribution in [2.24, 2.45) is 0 Å². The minimum absolute atomic E-state index is 0.0437. The Balaban J connectivity index is 1.81. The summed E-state index contributed by atoms with van der Waals surface area (Å²) in [5.74, 6) is -0.00282. The van der Waals surface area contributed by atoms with E-state index in [1.165, 1.54) is 57.4 Å². The number of aryl methyl sites for hydroxylation is 1. The first-order chi connectivity index (χ1) is 13.7. The molecule has 1 aromatic carbocycles. The third-order valence-electron chi connectivity index (χ3n) is 5.02. The van der Waals surface area contributed by atoms with E-state index in [0.717, 1.165) is 12.8 Å². The van der Waals surface area contributed by atoms with Gasteiger partial charge >= 0.3 is 5.63 Å². The van der Waals surface area contributed by atoms with Crippen molar-refractivity contribution in [2.75, 3.05) is 6.61 Å². The predicted octanol–water partition coefficient (Wildman–Crippen LogP) is 6.96. The smallest absolute Gasteiger partial charge is 0.346 e. The van der Waals surface area contributed by atoms with Crippen LogP contribution in [0, 0.1) is 5.82 Å². The van der Waals surface area contributed by atoms with Gasteiger partial charge in [0.2, 0.25) is 0 Å². The highest BCUT2D eigenvalue weighted by molar-refractivity contribution is 5.83. The number of halogens is 1. The lowest BCUT2D eigenvalue weighted by molar-refractivity contribution is 0.343. The van der Waals surface area contributed by atoms with Crippen LogP contribution in [0.4, 0.5) is 4.39 Å². The second-order valence-corrected chi connectivity index (χ2v) is 7.37. The molecule has 0 radical (unpaired) electrons. The number of hydrogen-bond donors (Lipinski definition) is 0. The summed E-state index contributed by atoms with van der Waals surface area (Å²) in [6.45, 7) is 5.96. The second-order valence-electron chi connectivity index (χ2n) is 7.37. The van der Waals surface area contributed by atoms with Gasteiger partial charge in [-0.25, -0.2) is 9.18 Å². The maximum absolute atomic E-state index is 14.5. The SMILES string of the molecule is C=CCOc1ccc2cc(CCCCCCCCCCCC)oc(=O)c2c1F. The van der Waals surface area contributed by atoms with Gasteiger partial charge < -0.3 is 9.15 Å². The Bertz CT molecular complexity index is 794. The summed E-state index contributed by atoms with van der Waals surface area (Å²) < 4.78 is 25.1. The molecule has 4 heteroatoms. The molecule has 0 fully saturated rings. The van der Waals surface area contributed by atoms with Crippen molar-refractivity contribution in [3.05, 3.63) is 52.9 Å². The molecule has 0 atom stereocenters. The molecule has 0 saturated carbocycles. The van der Waals surface area contributed by atoms with Crippen molar-refractivity contribution in [2.45, 2.75) is 77.6 Å². The van der Waals surface area contributed by atoms with E-state index in [1.807, 2.05) is 0 Å². The fraction of sp³-hybridized carbons (Fsp3) is 0.542. The van der Waals surface area contributed by atoms with Crippen molar-refractivity contribution < 1.29 is 13.5 Å². The summed E-state index contributed by atoms with van der Waals surface area (Å²) in [6, 6.07) is 5.02. The van der Waals surface area contributed by atoms with Gasteiger partial charge in [-0.2, -0.15) is 0 Å². The molecule has 0 bridgehead atoms. The average Bonchev–Trinajstić information content (AvgIpc) is 2.68. The van der Waals surface area contributed by atoms with E-state index in [4.69, 9.17) is 9.15 Å². The summed E-state index contributed by atoms with van der Waals surface area (Å²) in [5.41, 5.74) is -0.638. The molecule has 0 amide bonds. The molecule has 1 aromatic heterocycles. The van der Waals surface area contributed by atoms with E-state index in [9.17, 15) is 9.18 Å². The summed E-state index contributed by atoms with van der Waals surface area (Å²) in [4.78, 5) is 12.2. The van der Waals surface area contributed by atoms with Crippen LogP contribution in [-0.4, -0.2) is 6.61 Å². The maximum Gasteiger partial charge on any atom is 0.346 e. The zero-order chi connectivity index (χ0) is 20.2. The standard InChI is InChI=1S/C24H33FO3/c1-3-5-6-7-8-9-10-11-12-13-14-20-18-19-15-16-21(27-17-4-2)23(25)22(19)24(26)28-20/h4,15-16,18H,2-3,5-14,17H2,1H3. The van der Waals surface area contributed by atoms with E-state index in [0.29, 0.717) is 17.6 Å². The van der Waals surface area contributed by atoms with Crippen LogP contribution in [0.25, 0.3) is 10.8 Å². The zero-order valence-electron chi connectivity index (χ0n) is 17.1. The lowest BCUT2D eigenvalue weighted by Gasteiger charge is -2.08. The Kier molecular flexibility index (Phi) is 9.81. The Morgan fingerprint density at radius 1 is 1.04 bits per heavy atom. The first kappa shape index (κ1) is 22.2. The second kappa shape index (κ2) is 12.4. The first-order valence-corrected chi connectivity index (χ1v) is 10.7. The fourth-order valence-corrected chi connectivity index (χ4v) is 3.44. The van der Waals surface area contributed by atoms with E-state index < -0.39 is 11.4 Å². The van der Waals surface area contributed by atoms with Crippen molar-refractivity contribution in [3.63, 3.8) is 0 Å². The summed E-state index contributed by atoms with van der Waals surface area (Å²) in [7, 11) is 0. The maximum atomic E-state index is 14.5. The Morgan fingerprint density at radius 3 is 2.32 bits per heavy atom. The summed E-state index contributed by atoms with van der Waals surface area (Å²) in [6.07, 6.45) is 14.8. The Morgan fingerprint density at radius 2 is 1.68 bits per heavy atom. The minimum Gasteiger partial charge on any atom is -0.486 e. The normalized spacial score (nSPS) is 11.1. The van der Waals surface area contributed by atoms with Crippen molar-refractivity contribution in [1.29, 1.82) is 0 Å². The monoisotopic (exact) mass is 388 g/mol. The molecule has 154 valence electrons. The van der Waals surface area contributed by atoms with Gasteiger partial charge in [0, 0.05) is 6.42 Å². The number of ether oxygens (including phenoxy) is 1. The van der Waals surface area contributed by atoms with Crippen molar-refractivity contribution >= 4 is 10.8 Å². The van der Waals surface area contributed by atoms with E-state index in [1.54, 1.807) is 18.2 Å². The van der Waals surface area contributed by atoms with E-state index in [2.05, 4.69) is 13.5 Å². The highest BCUT2D eigenvalue weighted by atomic mass is 19.1. The molecular weight excluding hydrogens is 355 g/mol. The summed E-state index contributed by atoms with van der Waals surface area (Å²) >= 11 is 0. The molecule has 2 aromatic rings. The van der Waals surface area contributed by atoms with Crippen LogP contribution in [0.2, 0.25) is 0 Å². The van der Waals surface area contributed by atoms with Crippen LogP contribution in [0.3, 0.4) is 0 Å². The lowest BCUT2D eigenvalue weighted by Crippen LogP contribution is -2.06. The van der Waals surface area contributed by atoms with Gasteiger partial charge in [0.15, 0.2) is 11.6 Å². The number of unbranched alkanes of at least 4 members (excludes halogenated alkanes) is 9. The van der Waals surface area contributed by atoms with E-state index in [-0.39, 0.29) is 17.7 Å². The van der Waals surface area contributed by atoms with Gasteiger partial charge in [-0.3, -0.25) is 0 Å². The quantitative estimate of drug-likeness (QED) is 0.259. The lowest BCUT2D eigenvalue weighted by atomic mass is 10.0. The molecule has 0 spiro atoms. The largest absolute Gasteiger partial charge is 0.486 e. The molecule has 0 N–H and O–H groups in total. The molecule has 0 saturated heterocycles. The molecule has 0 aliphatic carbocycles. The van der Waals surface area contributed by atoms with E-state index >= 15 is 0 Å². The van der Waals surface area contributed by atoms with Gasteiger partial charge in [-0.1, -0.05) is 83.4 Å². The fourth-order valence-electron chi connectivity index (χ4n) is 3.44. The Labute approximate surface area is 167 Å². The van der Waals surface area contributed by atoms with Crippen LogP contribution in [0.15, 0.2) is 40.1 Å². The average molecular weight is 389 g/mol. The van der Waals surface area contributed by atoms with Crippen LogP contribution < -0.4 is 10.4 Å². The molecule has 0 aliphatic rings. The molecule has 0 aliphatic heterocycles. The first-order valence-electron chi connectivity index (χ1n) is 10.7. The third-order valence-corrected chi connectivity index (χ3v) is 5.02. The highest BCUT2D eigenvalue weighted by Gasteiger charge is 2.14. The van der Waals surface area contributed by atoms with Gasteiger partial charge in [0.05, 0.1) is 0 Å². The van der Waals surface area contributed by atoms with Gasteiger partial charge in [0.1, 0.15) is 17.8 Å². The molecule has 1 heterocycles. The van der Waals surface area contributed by atoms with Crippen LogP contribution in [0.5, 0.6) is 5.75 Å². The minimum atomic E-state index is -0.668. The third kappa shape index (κ3) is 6.81. The number of benzene rings is 1. The van der Waals surface area contributed by atoms with Gasteiger partial charge in [-0.15, -0.1) is 0 Å². The molecule has 28 heavy (non-hydrogen) atoms. The molecule has 0 unspecified atom stereocenters. The number of rotatable bonds is 14. The molecule has 3 nitrogen and oxygen atoms in total. The van der Waals surface area contributed by atoms with Gasteiger partial charge in [-0.05, 0) is 23.9 Å². The number of hydrogen-bond acceptors (Lipinski definition) is 3. The van der Waals surface area contributed by atoms with Gasteiger partial charge in [0.25, 0.3) is 0 Å². The van der Waals surface area contributed by atoms with Crippen LogP contribution in [0.1, 0.15) is 76.9 Å². The van der Waals surface area contributed by atoms with Crippen LogP contribution in [-0.2, 0) is 6.42 Å². The van der Waals surface area contributed by atoms with Crippen molar-refractivity contribution in [3.8, 4) is 5.75 Å². The zero-order valence-corrected chi connectivity index (χ0v) is 17.1. The highest BCUT2D eigenvalue weighted by Crippen LogP contribution is 2.25. The predicted molar refractivity (Wildman–Crippen MR) is 114 cm³/mol. The molecule has 2 rings (SSSR count). The molecular formula is C24H33FO3. The number of fused-ring (bicyclic) bond motifs is 1. The van der Waals surface area contributed by atoms with Crippen LogP contribution >= 0.6 is 0 Å². The Hall–Kier alpha value is -2.10. The van der Waals surface area contributed by atoms with Crippen molar-refractivity contribution in [1.82, 2.24) is 0 Å².